The van der Waals surface area contributed by atoms with Crippen molar-refractivity contribution in [3.8, 4) is 0 Å². The number of hydrogen-bond donors (Lipinski definition) is 1. The molecule has 1 aliphatic rings. The van der Waals surface area contributed by atoms with Gasteiger partial charge in [-0.05, 0) is 61.7 Å². The summed E-state index contributed by atoms with van der Waals surface area (Å²) in [6.45, 7) is 3.18. The van der Waals surface area contributed by atoms with Crippen LogP contribution in [0.1, 0.15) is 40.6 Å². The largest absolute Gasteiger partial charge is 0.468 e. The Morgan fingerprint density at radius 3 is 2.53 bits per heavy atom. The van der Waals surface area contributed by atoms with Crippen LogP contribution in [-0.4, -0.2) is 36.9 Å². The van der Waals surface area contributed by atoms with Gasteiger partial charge in [0.15, 0.2) is 0 Å². The molecule has 0 aliphatic carbocycles. The molecule has 1 amide bonds. The molecule has 158 valence electrons. The van der Waals surface area contributed by atoms with Crippen molar-refractivity contribution in [1.29, 1.82) is 0 Å². The number of benzene rings is 1. The first-order valence-corrected chi connectivity index (χ1v) is 11.5. The molecule has 1 N–H and O–H groups in total. The molecule has 2 aromatic heterocycles. The Kier molecular flexibility index (Phi) is 5.78. The van der Waals surface area contributed by atoms with E-state index in [2.05, 4.69) is 21.7 Å². The Morgan fingerprint density at radius 1 is 1.13 bits per heavy atom. The van der Waals surface area contributed by atoms with E-state index in [-0.39, 0.29) is 17.3 Å². The van der Waals surface area contributed by atoms with Crippen LogP contribution < -0.4 is 4.72 Å². The third-order valence-electron chi connectivity index (χ3n) is 5.57. The number of likely N-dealkylation sites (tertiary alicyclic amines) is 1. The number of nitrogens with zero attached hydrogens (tertiary/aromatic N) is 2. The maximum Gasteiger partial charge on any atom is 0.254 e. The fraction of sp³-hybridized carbons (Fsp3) is 0.318. The first-order valence-electron chi connectivity index (χ1n) is 9.98. The van der Waals surface area contributed by atoms with Gasteiger partial charge in [0.2, 0.25) is 10.0 Å². The van der Waals surface area contributed by atoms with Gasteiger partial charge in [-0.2, -0.15) is 0 Å². The molecule has 4 rings (SSSR count). The van der Waals surface area contributed by atoms with Crippen LogP contribution in [-0.2, 0) is 16.6 Å². The SMILES string of the molecule is Cc1ccc(S(=O)(=O)NCc2ccco2)cc1C(=O)N1CCC(n2cccc2)CC1. The summed E-state index contributed by atoms with van der Waals surface area (Å²) in [5.74, 6) is 0.397. The molecule has 0 radical (unpaired) electrons. The van der Waals surface area contributed by atoms with Gasteiger partial charge >= 0.3 is 0 Å². The molecule has 0 saturated carbocycles. The number of nitrogens with one attached hydrogen (secondary N) is 1. The van der Waals surface area contributed by atoms with Gasteiger partial charge in [-0.3, -0.25) is 4.79 Å². The summed E-state index contributed by atoms with van der Waals surface area (Å²) in [7, 11) is -3.76. The van der Waals surface area contributed by atoms with Crippen LogP contribution in [0.25, 0.3) is 0 Å². The molecule has 30 heavy (non-hydrogen) atoms. The Labute approximate surface area is 176 Å². The number of rotatable bonds is 6. The van der Waals surface area contributed by atoms with Gasteiger partial charge in [0.1, 0.15) is 5.76 Å². The zero-order valence-corrected chi connectivity index (χ0v) is 17.6. The zero-order valence-electron chi connectivity index (χ0n) is 16.8. The average molecular weight is 428 g/mol. The van der Waals surface area contributed by atoms with E-state index < -0.39 is 10.0 Å². The number of hydrogen-bond acceptors (Lipinski definition) is 4. The lowest BCUT2D eigenvalue weighted by Gasteiger charge is -2.33. The highest BCUT2D eigenvalue weighted by Crippen LogP contribution is 2.25. The Bertz CT molecular complexity index is 1100. The zero-order chi connectivity index (χ0) is 21.1. The van der Waals surface area contributed by atoms with Crippen LogP contribution in [0.15, 0.2) is 70.4 Å². The maximum absolute atomic E-state index is 13.1. The Morgan fingerprint density at radius 2 is 1.87 bits per heavy atom. The third kappa shape index (κ3) is 4.34. The molecular weight excluding hydrogens is 402 g/mol. The van der Waals surface area contributed by atoms with E-state index in [1.807, 2.05) is 24.0 Å². The minimum absolute atomic E-state index is 0.0550. The standard InChI is InChI=1S/C22H25N3O4S/c1-17-6-7-20(30(27,28)23-16-19-5-4-14-29-19)15-21(17)22(26)25-12-8-18(9-13-25)24-10-2-3-11-24/h2-7,10-11,14-15,18,23H,8-9,12-13,16H2,1H3. The van der Waals surface area contributed by atoms with Crippen molar-refractivity contribution in [2.24, 2.45) is 0 Å². The van der Waals surface area contributed by atoms with Crippen molar-refractivity contribution >= 4 is 15.9 Å². The van der Waals surface area contributed by atoms with E-state index in [0.717, 1.165) is 18.4 Å². The monoisotopic (exact) mass is 427 g/mol. The summed E-state index contributed by atoms with van der Waals surface area (Å²) < 4.78 is 35.2. The molecule has 3 aromatic rings. The number of carbonyl (C=O) groups excluding carboxylic acids is 1. The van der Waals surface area contributed by atoms with Gasteiger partial charge < -0.3 is 13.9 Å². The number of aromatic nitrogens is 1. The number of amides is 1. The van der Waals surface area contributed by atoms with Crippen LogP contribution in [0.4, 0.5) is 0 Å². The minimum atomic E-state index is -3.76. The summed E-state index contributed by atoms with van der Waals surface area (Å²) in [6, 6.07) is 12.5. The summed E-state index contributed by atoms with van der Waals surface area (Å²) >= 11 is 0. The van der Waals surface area contributed by atoms with Crippen molar-refractivity contribution in [2.45, 2.75) is 37.2 Å². The summed E-state index contributed by atoms with van der Waals surface area (Å²) in [5, 5.41) is 0. The Balaban J connectivity index is 1.47. The average Bonchev–Trinajstić information content (AvgIpc) is 3.46. The lowest BCUT2D eigenvalue weighted by molar-refractivity contribution is 0.0693. The highest BCUT2D eigenvalue weighted by molar-refractivity contribution is 7.89. The summed E-state index contributed by atoms with van der Waals surface area (Å²) in [4.78, 5) is 15.0. The quantitative estimate of drug-likeness (QED) is 0.654. The molecule has 0 unspecified atom stereocenters. The van der Waals surface area contributed by atoms with Gasteiger partial charge in [0.05, 0.1) is 17.7 Å². The Hall–Kier alpha value is -2.84. The highest BCUT2D eigenvalue weighted by Gasteiger charge is 2.26. The lowest BCUT2D eigenvalue weighted by atomic mass is 10.0. The predicted octanol–water partition coefficient (Wildman–Crippen LogP) is 3.35. The van der Waals surface area contributed by atoms with Crippen LogP contribution in [0.2, 0.25) is 0 Å². The molecule has 1 saturated heterocycles. The molecule has 0 spiro atoms. The van der Waals surface area contributed by atoms with E-state index in [9.17, 15) is 13.2 Å². The van der Waals surface area contributed by atoms with Gasteiger partial charge in [0, 0.05) is 37.1 Å². The molecular formula is C22H25N3O4S. The molecule has 3 heterocycles. The summed E-state index contributed by atoms with van der Waals surface area (Å²) in [6.07, 6.45) is 7.35. The minimum Gasteiger partial charge on any atom is -0.468 e. The molecule has 8 heteroatoms. The fourth-order valence-electron chi connectivity index (χ4n) is 3.79. The van der Waals surface area contributed by atoms with Crippen LogP contribution >= 0.6 is 0 Å². The van der Waals surface area contributed by atoms with Gasteiger partial charge in [-0.25, -0.2) is 13.1 Å². The number of sulfonamides is 1. The van der Waals surface area contributed by atoms with Crippen LogP contribution in [0.3, 0.4) is 0 Å². The van der Waals surface area contributed by atoms with E-state index >= 15 is 0 Å². The predicted molar refractivity (Wildman–Crippen MR) is 113 cm³/mol. The van der Waals surface area contributed by atoms with Crippen molar-refractivity contribution in [3.63, 3.8) is 0 Å². The van der Waals surface area contributed by atoms with Crippen molar-refractivity contribution in [3.05, 3.63) is 78.0 Å². The number of furan rings is 1. The molecule has 0 bridgehead atoms. The fourth-order valence-corrected chi connectivity index (χ4v) is 4.81. The van der Waals surface area contributed by atoms with E-state index in [1.54, 1.807) is 18.2 Å². The third-order valence-corrected chi connectivity index (χ3v) is 6.97. The maximum atomic E-state index is 13.1. The second kappa shape index (κ2) is 8.49. The molecule has 1 aromatic carbocycles. The lowest BCUT2D eigenvalue weighted by Crippen LogP contribution is -2.39. The molecule has 1 aliphatic heterocycles. The summed E-state index contributed by atoms with van der Waals surface area (Å²) in [5.41, 5.74) is 1.19. The number of aryl methyl sites for hydroxylation is 1. The van der Waals surface area contributed by atoms with E-state index in [0.29, 0.717) is 30.5 Å². The molecule has 7 nitrogen and oxygen atoms in total. The second-order valence-electron chi connectivity index (χ2n) is 7.53. The number of piperidine rings is 1. The topological polar surface area (TPSA) is 84.5 Å². The van der Waals surface area contributed by atoms with Crippen LogP contribution in [0.5, 0.6) is 0 Å². The van der Waals surface area contributed by atoms with Crippen molar-refractivity contribution in [1.82, 2.24) is 14.2 Å². The van der Waals surface area contributed by atoms with Gasteiger partial charge in [-0.1, -0.05) is 6.07 Å². The van der Waals surface area contributed by atoms with Crippen molar-refractivity contribution in [2.75, 3.05) is 13.1 Å². The first kappa shape index (κ1) is 20.4. The van der Waals surface area contributed by atoms with Gasteiger partial charge in [-0.15, -0.1) is 0 Å². The number of carbonyl (C=O) groups is 1. The van der Waals surface area contributed by atoms with Crippen LogP contribution in [0, 0.1) is 6.92 Å². The van der Waals surface area contributed by atoms with Crippen molar-refractivity contribution < 1.29 is 17.6 Å². The van der Waals surface area contributed by atoms with E-state index in [4.69, 9.17) is 4.42 Å². The molecule has 1 fully saturated rings. The molecule has 0 atom stereocenters. The highest BCUT2D eigenvalue weighted by atomic mass is 32.2. The van der Waals surface area contributed by atoms with Gasteiger partial charge in [0.25, 0.3) is 5.91 Å². The smallest absolute Gasteiger partial charge is 0.254 e. The normalized spacial score (nSPS) is 15.4. The van der Waals surface area contributed by atoms with E-state index in [1.165, 1.54) is 18.4 Å². The first-order chi connectivity index (χ1) is 14.4. The second-order valence-corrected chi connectivity index (χ2v) is 9.30.